The van der Waals surface area contributed by atoms with Crippen molar-refractivity contribution < 1.29 is 4.79 Å². The summed E-state index contributed by atoms with van der Waals surface area (Å²) in [6.45, 7) is 8.62. The lowest BCUT2D eigenvalue weighted by atomic mass is 9.91. The van der Waals surface area contributed by atoms with Gasteiger partial charge in [0.05, 0.1) is 0 Å². The molecule has 19 heavy (non-hydrogen) atoms. The van der Waals surface area contributed by atoms with Gasteiger partial charge in [0.25, 0.3) is 0 Å². The minimum atomic E-state index is 0.249. The fourth-order valence-electron chi connectivity index (χ4n) is 2.39. The number of carbonyl (C=O) groups is 1. The maximum Gasteiger partial charge on any atom is 0.135 e. The van der Waals surface area contributed by atoms with E-state index in [1.54, 1.807) is 0 Å². The van der Waals surface area contributed by atoms with Gasteiger partial charge in [0, 0.05) is 12.3 Å². The van der Waals surface area contributed by atoms with Crippen LogP contribution in [0.15, 0.2) is 0 Å². The van der Waals surface area contributed by atoms with Crippen LogP contribution in [0.4, 0.5) is 0 Å². The molecule has 0 bridgehead atoms. The lowest BCUT2D eigenvalue weighted by molar-refractivity contribution is -0.123. The van der Waals surface area contributed by atoms with Crippen molar-refractivity contribution in [3.05, 3.63) is 0 Å². The minimum Gasteiger partial charge on any atom is -0.299 e. The second-order valence-corrected chi connectivity index (χ2v) is 6.43. The van der Waals surface area contributed by atoms with Gasteiger partial charge in [-0.1, -0.05) is 85.5 Å². The molecule has 0 spiro atoms. The van der Waals surface area contributed by atoms with E-state index in [9.17, 15) is 4.79 Å². The molecule has 1 heteroatoms. The molecular formula is C18H36O. The third-order valence-electron chi connectivity index (χ3n) is 4.28. The van der Waals surface area contributed by atoms with E-state index >= 15 is 0 Å². The highest BCUT2D eigenvalue weighted by atomic mass is 16.1. The van der Waals surface area contributed by atoms with Gasteiger partial charge in [-0.15, -0.1) is 0 Å². The predicted molar refractivity (Wildman–Crippen MR) is 85.5 cm³/mol. The third-order valence-corrected chi connectivity index (χ3v) is 4.28. The van der Waals surface area contributed by atoms with Crippen LogP contribution in [0.3, 0.4) is 0 Å². The molecular weight excluding hydrogens is 232 g/mol. The van der Waals surface area contributed by atoms with E-state index in [0.717, 1.165) is 12.8 Å². The number of hydrogen-bond acceptors (Lipinski definition) is 1. The van der Waals surface area contributed by atoms with Crippen LogP contribution in [0.5, 0.6) is 0 Å². The standard InChI is InChI=1S/C18H36O/c1-5-6-7-8-9-10-11-12-13-14-15-18(19)17(4)16(2)3/h16-17H,5-15H2,1-4H3. The van der Waals surface area contributed by atoms with Crippen LogP contribution in [0.2, 0.25) is 0 Å². The van der Waals surface area contributed by atoms with Crippen LogP contribution in [0.1, 0.15) is 98.3 Å². The Balaban J connectivity index is 3.25. The number of Topliss-reactive ketones (excluding diaryl/α,β-unsaturated/α-hetero) is 1. The summed E-state index contributed by atoms with van der Waals surface area (Å²) < 4.78 is 0. The van der Waals surface area contributed by atoms with Crippen molar-refractivity contribution in [2.45, 2.75) is 98.3 Å². The van der Waals surface area contributed by atoms with E-state index in [1.165, 1.54) is 57.8 Å². The van der Waals surface area contributed by atoms with E-state index in [1.807, 2.05) is 0 Å². The Hall–Kier alpha value is -0.330. The first-order valence-corrected chi connectivity index (χ1v) is 8.62. The number of hydrogen-bond donors (Lipinski definition) is 0. The van der Waals surface area contributed by atoms with Gasteiger partial charge in [-0.25, -0.2) is 0 Å². The summed E-state index contributed by atoms with van der Waals surface area (Å²) >= 11 is 0. The average molecular weight is 268 g/mol. The summed E-state index contributed by atoms with van der Waals surface area (Å²) in [7, 11) is 0. The number of carbonyl (C=O) groups excluding carboxylic acids is 1. The molecule has 0 aromatic rings. The molecule has 0 N–H and O–H groups in total. The Morgan fingerprint density at radius 2 is 1.16 bits per heavy atom. The molecule has 0 radical (unpaired) electrons. The first-order chi connectivity index (χ1) is 9.09. The van der Waals surface area contributed by atoms with Crippen molar-refractivity contribution in [3.8, 4) is 0 Å². The van der Waals surface area contributed by atoms with Gasteiger partial charge in [-0.3, -0.25) is 4.79 Å². The largest absolute Gasteiger partial charge is 0.299 e. The van der Waals surface area contributed by atoms with Crippen LogP contribution in [-0.2, 0) is 4.79 Å². The maximum absolute atomic E-state index is 11.8. The summed E-state index contributed by atoms with van der Waals surface area (Å²) in [6, 6.07) is 0. The van der Waals surface area contributed by atoms with E-state index in [-0.39, 0.29) is 5.92 Å². The third kappa shape index (κ3) is 11.2. The van der Waals surface area contributed by atoms with Gasteiger partial charge >= 0.3 is 0 Å². The Morgan fingerprint density at radius 3 is 1.58 bits per heavy atom. The summed E-state index contributed by atoms with van der Waals surface area (Å²) in [5.41, 5.74) is 0. The molecule has 0 amide bonds. The quantitative estimate of drug-likeness (QED) is 0.366. The van der Waals surface area contributed by atoms with Crippen LogP contribution in [0, 0.1) is 11.8 Å². The van der Waals surface area contributed by atoms with Crippen LogP contribution >= 0.6 is 0 Å². The Labute approximate surface area is 121 Å². The van der Waals surface area contributed by atoms with E-state index in [2.05, 4.69) is 27.7 Å². The SMILES string of the molecule is CCCCCCCCCCCCC(=O)C(C)C(C)C. The van der Waals surface area contributed by atoms with Crippen LogP contribution in [-0.4, -0.2) is 5.78 Å². The van der Waals surface area contributed by atoms with Crippen molar-refractivity contribution in [1.29, 1.82) is 0 Å². The summed E-state index contributed by atoms with van der Waals surface area (Å²) in [5.74, 6) is 1.21. The predicted octanol–water partition coefficient (Wildman–Crippen LogP) is 6.16. The number of ketones is 1. The van der Waals surface area contributed by atoms with Gasteiger partial charge in [-0.2, -0.15) is 0 Å². The topological polar surface area (TPSA) is 17.1 Å². The van der Waals surface area contributed by atoms with E-state index < -0.39 is 0 Å². The van der Waals surface area contributed by atoms with Crippen molar-refractivity contribution in [3.63, 3.8) is 0 Å². The highest BCUT2D eigenvalue weighted by Gasteiger charge is 2.15. The van der Waals surface area contributed by atoms with E-state index in [0.29, 0.717) is 11.7 Å². The highest BCUT2D eigenvalue weighted by Crippen LogP contribution is 2.16. The Morgan fingerprint density at radius 1 is 0.737 bits per heavy atom. The lowest BCUT2D eigenvalue weighted by Gasteiger charge is -2.13. The first kappa shape index (κ1) is 18.7. The lowest BCUT2D eigenvalue weighted by Crippen LogP contribution is -2.16. The molecule has 0 aromatic heterocycles. The maximum atomic E-state index is 11.8. The van der Waals surface area contributed by atoms with Gasteiger partial charge in [0.1, 0.15) is 5.78 Å². The number of unbranched alkanes of at least 4 members (excludes halogenated alkanes) is 9. The molecule has 0 aliphatic rings. The molecule has 0 aliphatic heterocycles. The molecule has 1 atom stereocenters. The molecule has 1 nitrogen and oxygen atoms in total. The second kappa shape index (κ2) is 12.7. The number of rotatable bonds is 13. The Bertz CT molecular complexity index is 208. The minimum absolute atomic E-state index is 0.249. The van der Waals surface area contributed by atoms with Gasteiger partial charge in [0.15, 0.2) is 0 Å². The molecule has 0 aliphatic carbocycles. The van der Waals surface area contributed by atoms with Gasteiger partial charge in [0.2, 0.25) is 0 Å². The van der Waals surface area contributed by atoms with Gasteiger partial charge < -0.3 is 0 Å². The van der Waals surface area contributed by atoms with Crippen LogP contribution in [0.25, 0.3) is 0 Å². The van der Waals surface area contributed by atoms with Crippen molar-refractivity contribution in [2.75, 3.05) is 0 Å². The molecule has 0 saturated heterocycles. The van der Waals surface area contributed by atoms with Gasteiger partial charge in [-0.05, 0) is 12.3 Å². The normalized spacial score (nSPS) is 12.9. The fraction of sp³-hybridized carbons (Fsp3) is 0.944. The van der Waals surface area contributed by atoms with Crippen molar-refractivity contribution >= 4 is 5.78 Å². The molecule has 0 aromatic carbocycles. The first-order valence-electron chi connectivity index (χ1n) is 8.62. The summed E-state index contributed by atoms with van der Waals surface area (Å²) in [5, 5.41) is 0. The zero-order valence-electron chi connectivity index (χ0n) is 13.8. The van der Waals surface area contributed by atoms with Crippen LogP contribution < -0.4 is 0 Å². The zero-order valence-corrected chi connectivity index (χ0v) is 13.8. The molecule has 0 fully saturated rings. The fourth-order valence-corrected chi connectivity index (χ4v) is 2.39. The van der Waals surface area contributed by atoms with Crippen molar-refractivity contribution in [1.82, 2.24) is 0 Å². The zero-order chi connectivity index (χ0) is 14.5. The molecule has 0 rings (SSSR count). The Kier molecular flexibility index (Phi) is 12.5. The molecule has 0 heterocycles. The molecule has 1 unspecified atom stereocenters. The molecule has 114 valence electrons. The highest BCUT2D eigenvalue weighted by molar-refractivity contribution is 5.80. The smallest absolute Gasteiger partial charge is 0.135 e. The molecule has 0 saturated carbocycles. The van der Waals surface area contributed by atoms with Crippen molar-refractivity contribution in [2.24, 2.45) is 11.8 Å². The monoisotopic (exact) mass is 268 g/mol. The second-order valence-electron chi connectivity index (χ2n) is 6.43. The summed E-state index contributed by atoms with van der Waals surface area (Å²) in [6.07, 6.45) is 14.2. The van der Waals surface area contributed by atoms with E-state index in [4.69, 9.17) is 0 Å². The summed E-state index contributed by atoms with van der Waals surface area (Å²) in [4.78, 5) is 11.8. The average Bonchev–Trinajstić information content (AvgIpc) is 2.39.